The van der Waals surface area contributed by atoms with Crippen LogP contribution >= 0.6 is 0 Å². The number of hydrogen-bond donors (Lipinski definition) is 1. The molecular formula is C20H24N2O3. The molecule has 1 N–H and O–H groups in total. The van der Waals surface area contributed by atoms with Gasteiger partial charge in [0.05, 0.1) is 6.04 Å². The second-order valence-corrected chi connectivity index (χ2v) is 6.76. The summed E-state index contributed by atoms with van der Waals surface area (Å²) in [6.07, 6.45) is 1.02. The number of nitrogens with one attached hydrogen (secondary N) is 1. The third-order valence-corrected chi connectivity index (χ3v) is 4.71. The zero-order chi connectivity index (χ0) is 17.2. The van der Waals surface area contributed by atoms with Crippen LogP contribution in [0, 0.1) is 0 Å². The maximum atomic E-state index is 5.89. The van der Waals surface area contributed by atoms with Crippen molar-refractivity contribution in [3.63, 3.8) is 0 Å². The van der Waals surface area contributed by atoms with Crippen molar-refractivity contribution >= 4 is 0 Å². The number of fused-ring (bicyclic) bond motifs is 2. The molecule has 4 rings (SSSR count). The molecule has 0 radical (unpaired) electrons. The lowest BCUT2D eigenvalue weighted by Gasteiger charge is -2.28. The van der Waals surface area contributed by atoms with Crippen molar-refractivity contribution in [2.75, 3.05) is 40.6 Å². The average molecular weight is 340 g/mol. The molecule has 1 unspecified atom stereocenters. The Morgan fingerprint density at radius 2 is 2.00 bits per heavy atom. The molecule has 0 bridgehead atoms. The zero-order valence-electron chi connectivity index (χ0n) is 14.7. The smallest absolute Gasteiger partial charge is 0.231 e. The van der Waals surface area contributed by atoms with Gasteiger partial charge in [-0.25, -0.2) is 0 Å². The van der Waals surface area contributed by atoms with Crippen molar-refractivity contribution in [1.29, 1.82) is 0 Å². The summed E-state index contributed by atoms with van der Waals surface area (Å²) in [6, 6.07) is 12.8. The zero-order valence-corrected chi connectivity index (χ0v) is 14.7. The van der Waals surface area contributed by atoms with Crippen LogP contribution in [0.25, 0.3) is 0 Å². The Morgan fingerprint density at radius 3 is 2.88 bits per heavy atom. The highest BCUT2D eigenvalue weighted by molar-refractivity contribution is 5.49. The van der Waals surface area contributed by atoms with Gasteiger partial charge in [-0.15, -0.1) is 0 Å². The molecule has 0 saturated carbocycles. The van der Waals surface area contributed by atoms with Crippen LogP contribution in [0.3, 0.4) is 0 Å². The lowest BCUT2D eigenvalue weighted by molar-refractivity contribution is 0.174. The minimum atomic E-state index is 0.175. The Morgan fingerprint density at radius 1 is 1.12 bits per heavy atom. The normalized spacial score (nSPS) is 18.3. The lowest BCUT2D eigenvalue weighted by atomic mass is 9.89. The largest absolute Gasteiger partial charge is 0.492 e. The Balaban J connectivity index is 1.55. The molecule has 2 aliphatic rings. The Labute approximate surface area is 148 Å². The van der Waals surface area contributed by atoms with E-state index in [9.17, 15) is 0 Å². The van der Waals surface area contributed by atoms with Gasteiger partial charge in [-0.2, -0.15) is 0 Å². The van der Waals surface area contributed by atoms with Gasteiger partial charge < -0.3 is 24.4 Å². The van der Waals surface area contributed by atoms with Gasteiger partial charge in [-0.3, -0.25) is 0 Å². The maximum absolute atomic E-state index is 5.89. The van der Waals surface area contributed by atoms with E-state index in [4.69, 9.17) is 14.2 Å². The SMILES string of the molecule is CN(C)CCOc1ccc2c(c1)CCNC2c1ccc2c(c1)OCO2. The summed E-state index contributed by atoms with van der Waals surface area (Å²) in [4.78, 5) is 2.12. The summed E-state index contributed by atoms with van der Waals surface area (Å²) in [5.41, 5.74) is 3.86. The van der Waals surface area contributed by atoms with Crippen LogP contribution in [-0.4, -0.2) is 45.5 Å². The molecule has 0 aliphatic carbocycles. The fourth-order valence-electron chi connectivity index (χ4n) is 3.37. The van der Waals surface area contributed by atoms with Crippen LogP contribution in [0.1, 0.15) is 22.7 Å². The average Bonchev–Trinajstić information content (AvgIpc) is 3.08. The van der Waals surface area contributed by atoms with Crippen LogP contribution in [0.2, 0.25) is 0 Å². The quantitative estimate of drug-likeness (QED) is 0.906. The molecule has 132 valence electrons. The first-order valence-electron chi connectivity index (χ1n) is 8.74. The van der Waals surface area contributed by atoms with Gasteiger partial charge in [-0.1, -0.05) is 12.1 Å². The Hall–Kier alpha value is -2.24. The van der Waals surface area contributed by atoms with E-state index in [1.807, 2.05) is 6.07 Å². The summed E-state index contributed by atoms with van der Waals surface area (Å²) in [6.45, 7) is 2.88. The van der Waals surface area contributed by atoms with E-state index in [0.717, 1.165) is 36.8 Å². The van der Waals surface area contributed by atoms with E-state index in [1.54, 1.807) is 0 Å². The molecule has 0 spiro atoms. The second-order valence-electron chi connectivity index (χ2n) is 6.76. The Kier molecular flexibility index (Phi) is 4.51. The summed E-state index contributed by atoms with van der Waals surface area (Å²) < 4.78 is 16.8. The van der Waals surface area contributed by atoms with E-state index >= 15 is 0 Å². The highest BCUT2D eigenvalue weighted by atomic mass is 16.7. The third kappa shape index (κ3) is 3.43. The molecule has 0 aromatic heterocycles. The number of nitrogens with zero attached hydrogens (tertiary/aromatic N) is 1. The first-order valence-corrected chi connectivity index (χ1v) is 8.74. The second kappa shape index (κ2) is 6.94. The van der Waals surface area contributed by atoms with Crippen molar-refractivity contribution in [3.8, 4) is 17.2 Å². The number of rotatable bonds is 5. The van der Waals surface area contributed by atoms with Crippen molar-refractivity contribution in [2.45, 2.75) is 12.5 Å². The fourth-order valence-corrected chi connectivity index (χ4v) is 3.37. The lowest BCUT2D eigenvalue weighted by Crippen LogP contribution is -2.30. The maximum Gasteiger partial charge on any atom is 0.231 e. The molecule has 2 aliphatic heterocycles. The number of ether oxygens (including phenoxy) is 3. The van der Waals surface area contributed by atoms with Gasteiger partial charge in [0.2, 0.25) is 6.79 Å². The number of likely N-dealkylation sites (N-methyl/N-ethyl adjacent to an activating group) is 1. The topological polar surface area (TPSA) is 43.0 Å². The van der Waals surface area contributed by atoms with E-state index in [1.165, 1.54) is 16.7 Å². The van der Waals surface area contributed by atoms with Crippen LogP contribution in [0.5, 0.6) is 17.2 Å². The minimum Gasteiger partial charge on any atom is -0.492 e. The fraction of sp³-hybridized carbons (Fsp3) is 0.400. The monoisotopic (exact) mass is 340 g/mol. The van der Waals surface area contributed by atoms with Gasteiger partial charge in [0.25, 0.3) is 0 Å². The standard InChI is InChI=1S/C20H24N2O3/c1-22(2)9-10-23-16-4-5-17-14(11-16)7-8-21-20(17)15-3-6-18-19(12-15)25-13-24-18/h3-6,11-12,20-21H,7-10,13H2,1-2H3. The predicted molar refractivity (Wildman–Crippen MR) is 96.6 cm³/mol. The molecule has 0 fully saturated rings. The highest BCUT2D eigenvalue weighted by Gasteiger charge is 2.24. The number of hydrogen-bond acceptors (Lipinski definition) is 5. The van der Waals surface area contributed by atoms with Gasteiger partial charge in [0, 0.05) is 13.1 Å². The van der Waals surface area contributed by atoms with Crippen LogP contribution in [-0.2, 0) is 6.42 Å². The summed E-state index contributed by atoms with van der Waals surface area (Å²) >= 11 is 0. The molecule has 5 nitrogen and oxygen atoms in total. The van der Waals surface area contributed by atoms with Gasteiger partial charge in [-0.05, 0) is 61.5 Å². The van der Waals surface area contributed by atoms with Crippen LogP contribution in [0.4, 0.5) is 0 Å². The molecule has 2 aromatic rings. The minimum absolute atomic E-state index is 0.175. The molecule has 0 amide bonds. The van der Waals surface area contributed by atoms with Crippen molar-refractivity contribution in [2.24, 2.45) is 0 Å². The first-order chi connectivity index (χ1) is 12.2. The molecule has 25 heavy (non-hydrogen) atoms. The van der Waals surface area contributed by atoms with E-state index in [0.29, 0.717) is 13.4 Å². The van der Waals surface area contributed by atoms with E-state index < -0.39 is 0 Å². The summed E-state index contributed by atoms with van der Waals surface area (Å²) in [5.74, 6) is 2.60. The van der Waals surface area contributed by atoms with E-state index in [2.05, 4.69) is 54.6 Å². The van der Waals surface area contributed by atoms with Gasteiger partial charge in [0.1, 0.15) is 12.4 Å². The van der Waals surface area contributed by atoms with Crippen molar-refractivity contribution in [1.82, 2.24) is 10.2 Å². The molecule has 2 heterocycles. The predicted octanol–water partition coefficient (Wildman–Crippen LogP) is 2.59. The van der Waals surface area contributed by atoms with Gasteiger partial charge >= 0.3 is 0 Å². The van der Waals surface area contributed by atoms with Gasteiger partial charge in [0.15, 0.2) is 11.5 Å². The molecule has 5 heteroatoms. The molecule has 1 atom stereocenters. The first kappa shape index (κ1) is 16.2. The summed E-state index contributed by atoms with van der Waals surface area (Å²) in [5, 5.41) is 3.62. The molecule has 2 aromatic carbocycles. The number of benzene rings is 2. The highest BCUT2D eigenvalue weighted by Crippen LogP contribution is 2.37. The van der Waals surface area contributed by atoms with Crippen LogP contribution in [0.15, 0.2) is 36.4 Å². The molecule has 0 saturated heterocycles. The Bertz CT molecular complexity index is 761. The van der Waals surface area contributed by atoms with Crippen molar-refractivity contribution in [3.05, 3.63) is 53.1 Å². The third-order valence-electron chi connectivity index (χ3n) is 4.71. The van der Waals surface area contributed by atoms with Crippen molar-refractivity contribution < 1.29 is 14.2 Å². The molecular weight excluding hydrogens is 316 g/mol. The van der Waals surface area contributed by atoms with E-state index in [-0.39, 0.29) is 6.04 Å². The summed E-state index contributed by atoms with van der Waals surface area (Å²) in [7, 11) is 4.11. The van der Waals surface area contributed by atoms with Crippen LogP contribution < -0.4 is 19.5 Å².